The molecule has 0 bridgehead atoms. The molecule has 1 N–H and O–H groups in total. The molecule has 4 nitrogen and oxygen atoms in total. The molecular formula is C20H20FN3O. The number of carbonyl (C=O) groups excluding carboxylic acids is 1. The van der Waals surface area contributed by atoms with Gasteiger partial charge >= 0.3 is 0 Å². The van der Waals surface area contributed by atoms with Crippen LogP contribution in [0.15, 0.2) is 54.7 Å². The van der Waals surface area contributed by atoms with Crippen LogP contribution in [0.2, 0.25) is 0 Å². The summed E-state index contributed by atoms with van der Waals surface area (Å²) in [4.78, 5) is 12.6. The fourth-order valence-electron chi connectivity index (χ4n) is 2.83. The summed E-state index contributed by atoms with van der Waals surface area (Å²) in [6, 6.07) is 13.9. The molecule has 1 atom stereocenters. The minimum Gasteiger partial charge on any atom is -0.345 e. The normalized spacial score (nSPS) is 12.0. The number of hydrogen-bond donors (Lipinski definition) is 1. The minimum absolute atomic E-state index is 0.271. The van der Waals surface area contributed by atoms with Crippen molar-refractivity contribution < 1.29 is 9.18 Å². The lowest BCUT2D eigenvalue weighted by Crippen LogP contribution is -2.27. The van der Waals surface area contributed by atoms with Gasteiger partial charge in [0, 0.05) is 5.56 Å². The lowest BCUT2D eigenvalue weighted by atomic mass is 10.1. The number of aryl methyl sites for hydroxylation is 1. The smallest absolute Gasteiger partial charge is 0.255 e. The monoisotopic (exact) mass is 337 g/mol. The average Bonchev–Trinajstić information content (AvgIpc) is 2.96. The third-order valence-electron chi connectivity index (χ3n) is 4.22. The van der Waals surface area contributed by atoms with Crippen LogP contribution in [0.1, 0.15) is 40.1 Å². The van der Waals surface area contributed by atoms with Crippen molar-refractivity contribution in [3.63, 3.8) is 0 Å². The van der Waals surface area contributed by atoms with Gasteiger partial charge in [-0.25, -0.2) is 9.07 Å². The van der Waals surface area contributed by atoms with Crippen LogP contribution in [0.4, 0.5) is 4.39 Å². The zero-order valence-corrected chi connectivity index (χ0v) is 14.5. The van der Waals surface area contributed by atoms with E-state index < -0.39 is 6.04 Å². The Morgan fingerprint density at radius 3 is 2.64 bits per heavy atom. The third kappa shape index (κ3) is 3.45. The molecule has 0 spiro atoms. The lowest BCUT2D eigenvalue weighted by molar-refractivity contribution is 0.0938. The van der Waals surface area contributed by atoms with E-state index in [9.17, 15) is 9.18 Å². The van der Waals surface area contributed by atoms with Gasteiger partial charge in [-0.1, -0.05) is 30.3 Å². The molecule has 0 aliphatic carbocycles. The van der Waals surface area contributed by atoms with Gasteiger partial charge in [0.2, 0.25) is 0 Å². The van der Waals surface area contributed by atoms with Gasteiger partial charge < -0.3 is 5.32 Å². The first-order chi connectivity index (χ1) is 12.0. The molecule has 5 heteroatoms. The van der Waals surface area contributed by atoms with Crippen molar-refractivity contribution in [3.8, 4) is 5.69 Å². The van der Waals surface area contributed by atoms with Crippen molar-refractivity contribution in [1.29, 1.82) is 0 Å². The van der Waals surface area contributed by atoms with Gasteiger partial charge in [-0.15, -0.1) is 0 Å². The summed E-state index contributed by atoms with van der Waals surface area (Å²) in [6.07, 6.45) is 1.54. The maximum Gasteiger partial charge on any atom is 0.255 e. The number of nitrogens with zero attached hydrogens (tertiary/aromatic N) is 2. The third-order valence-corrected chi connectivity index (χ3v) is 4.22. The molecule has 0 fully saturated rings. The second-order valence-electron chi connectivity index (χ2n) is 6.11. The first-order valence-electron chi connectivity index (χ1n) is 8.14. The lowest BCUT2D eigenvalue weighted by Gasteiger charge is -2.15. The van der Waals surface area contributed by atoms with Gasteiger partial charge in [-0.05, 0) is 44.5 Å². The topological polar surface area (TPSA) is 46.9 Å². The number of amides is 1. The maximum absolute atomic E-state index is 13.9. The first-order valence-corrected chi connectivity index (χ1v) is 8.14. The summed E-state index contributed by atoms with van der Waals surface area (Å²) >= 11 is 0. The van der Waals surface area contributed by atoms with E-state index in [1.807, 2.05) is 38.1 Å². The fourth-order valence-corrected chi connectivity index (χ4v) is 2.83. The van der Waals surface area contributed by atoms with Crippen molar-refractivity contribution in [2.75, 3.05) is 0 Å². The van der Waals surface area contributed by atoms with E-state index in [1.54, 1.807) is 36.0 Å². The van der Waals surface area contributed by atoms with Crippen molar-refractivity contribution in [3.05, 3.63) is 82.9 Å². The van der Waals surface area contributed by atoms with Crippen molar-refractivity contribution in [2.24, 2.45) is 0 Å². The van der Waals surface area contributed by atoms with E-state index in [2.05, 4.69) is 10.4 Å². The van der Waals surface area contributed by atoms with Crippen molar-refractivity contribution in [2.45, 2.75) is 26.8 Å². The molecule has 25 heavy (non-hydrogen) atoms. The molecule has 1 unspecified atom stereocenters. The van der Waals surface area contributed by atoms with Gasteiger partial charge in [0.25, 0.3) is 5.91 Å². The van der Waals surface area contributed by atoms with Gasteiger partial charge in [0.15, 0.2) is 0 Å². The van der Waals surface area contributed by atoms with Gasteiger partial charge in [-0.3, -0.25) is 4.79 Å². The highest BCUT2D eigenvalue weighted by atomic mass is 19.1. The number of halogens is 1. The van der Waals surface area contributed by atoms with E-state index >= 15 is 0 Å². The van der Waals surface area contributed by atoms with E-state index in [0.29, 0.717) is 11.1 Å². The molecule has 0 saturated carbocycles. The quantitative estimate of drug-likeness (QED) is 0.778. The van der Waals surface area contributed by atoms with E-state index in [4.69, 9.17) is 0 Å². The van der Waals surface area contributed by atoms with Crippen LogP contribution in [0, 0.1) is 19.7 Å². The highest BCUT2D eigenvalue weighted by molar-refractivity contribution is 5.95. The van der Waals surface area contributed by atoms with Crippen LogP contribution in [-0.2, 0) is 0 Å². The van der Waals surface area contributed by atoms with Crippen LogP contribution in [-0.4, -0.2) is 15.7 Å². The predicted octanol–water partition coefficient (Wildman–Crippen LogP) is 4.12. The number of hydrogen-bond acceptors (Lipinski definition) is 2. The van der Waals surface area contributed by atoms with Crippen LogP contribution in [0.25, 0.3) is 5.69 Å². The molecule has 3 rings (SSSR count). The highest BCUT2D eigenvalue weighted by Crippen LogP contribution is 2.19. The summed E-state index contributed by atoms with van der Waals surface area (Å²) in [5.41, 5.74) is 3.69. The molecule has 2 aromatic carbocycles. The summed E-state index contributed by atoms with van der Waals surface area (Å²) < 4.78 is 15.6. The van der Waals surface area contributed by atoms with E-state index in [1.165, 1.54) is 6.07 Å². The SMILES string of the molecule is Cc1cccc(-n2ncc(C(=O)NC(C)c3ccccc3F)c2C)c1. The molecule has 0 aliphatic rings. The molecule has 0 aliphatic heterocycles. The molecule has 0 radical (unpaired) electrons. The molecule has 3 aromatic rings. The second kappa shape index (κ2) is 6.89. The van der Waals surface area contributed by atoms with E-state index in [-0.39, 0.29) is 11.7 Å². The Morgan fingerprint density at radius 1 is 1.16 bits per heavy atom. The maximum atomic E-state index is 13.9. The Morgan fingerprint density at radius 2 is 1.92 bits per heavy atom. The largest absolute Gasteiger partial charge is 0.345 e. The molecule has 0 saturated heterocycles. The Bertz CT molecular complexity index is 917. The fraction of sp³-hybridized carbons (Fsp3) is 0.200. The number of rotatable bonds is 4. The van der Waals surface area contributed by atoms with Gasteiger partial charge in [0.1, 0.15) is 5.82 Å². The molecule has 1 heterocycles. The first kappa shape index (κ1) is 16.9. The standard InChI is InChI=1S/C20H20FN3O/c1-13-7-6-8-16(11-13)24-15(3)18(12-22-24)20(25)23-14(2)17-9-4-5-10-19(17)21/h4-12,14H,1-3H3,(H,23,25). The van der Waals surface area contributed by atoms with E-state index in [0.717, 1.165) is 16.9 Å². The second-order valence-corrected chi connectivity index (χ2v) is 6.11. The number of nitrogens with one attached hydrogen (secondary N) is 1. The highest BCUT2D eigenvalue weighted by Gasteiger charge is 2.19. The van der Waals surface area contributed by atoms with Crippen LogP contribution >= 0.6 is 0 Å². The Hall–Kier alpha value is -2.95. The summed E-state index contributed by atoms with van der Waals surface area (Å²) in [7, 11) is 0. The molecule has 128 valence electrons. The Balaban J connectivity index is 1.83. The van der Waals surface area contributed by atoms with Crippen LogP contribution < -0.4 is 5.32 Å². The zero-order valence-electron chi connectivity index (χ0n) is 14.5. The Labute approximate surface area is 146 Å². The summed E-state index contributed by atoms with van der Waals surface area (Å²) in [6.45, 7) is 5.61. The van der Waals surface area contributed by atoms with Gasteiger partial charge in [0.05, 0.1) is 29.2 Å². The molecular weight excluding hydrogens is 317 g/mol. The van der Waals surface area contributed by atoms with Crippen LogP contribution in [0.3, 0.4) is 0 Å². The summed E-state index contributed by atoms with van der Waals surface area (Å²) in [5, 5.41) is 7.17. The van der Waals surface area contributed by atoms with Crippen molar-refractivity contribution in [1.82, 2.24) is 15.1 Å². The minimum atomic E-state index is -0.435. The summed E-state index contributed by atoms with van der Waals surface area (Å²) in [5.74, 6) is -0.602. The molecule has 1 amide bonds. The Kier molecular flexibility index (Phi) is 4.65. The number of aromatic nitrogens is 2. The number of carbonyl (C=O) groups is 1. The molecule has 1 aromatic heterocycles. The predicted molar refractivity (Wildman–Crippen MR) is 95.3 cm³/mol. The average molecular weight is 337 g/mol. The zero-order chi connectivity index (χ0) is 18.0. The number of benzene rings is 2. The van der Waals surface area contributed by atoms with Crippen LogP contribution in [0.5, 0.6) is 0 Å². The van der Waals surface area contributed by atoms with Crippen molar-refractivity contribution >= 4 is 5.91 Å². The van der Waals surface area contributed by atoms with Gasteiger partial charge in [-0.2, -0.15) is 5.10 Å².